The molecular weight excluding hydrogens is 457 g/mol. The van der Waals surface area contributed by atoms with E-state index < -0.39 is 24.9 Å². The lowest BCUT2D eigenvalue weighted by atomic mass is 10.2. The van der Waals surface area contributed by atoms with Crippen LogP contribution in [0.15, 0.2) is 91.0 Å². The molecule has 3 aromatic rings. The number of hydrogen-bond donors (Lipinski definition) is 0. The second-order valence-electron chi connectivity index (χ2n) is 9.45. The van der Waals surface area contributed by atoms with Crippen LogP contribution < -0.4 is 15.9 Å². The van der Waals surface area contributed by atoms with Gasteiger partial charge in [0.15, 0.2) is 0 Å². The van der Waals surface area contributed by atoms with Gasteiger partial charge in [-0.15, -0.1) is 0 Å². The van der Waals surface area contributed by atoms with E-state index in [0.29, 0.717) is 6.42 Å². The molecule has 0 saturated heterocycles. The van der Waals surface area contributed by atoms with E-state index in [-0.39, 0.29) is 13.2 Å². The summed E-state index contributed by atoms with van der Waals surface area (Å²) < 4.78 is 10.8. The molecule has 5 nitrogen and oxygen atoms in total. The summed E-state index contributed by atoms with van der Waals surface area (Å²) in [5, 5.41) is 3.90. The number of nitrogens with zero attached hydrogens (tertiary/aromatic N) is 1. The Balaban J connectivity index is 1.74. The number of ether oxygens (including phenoxy) is 2. The van der Waals surface area contributed by atoms with Gasteiger partial charge in [-0.2, -0.15) is 0 Å². The fourth-order valence-electron chi connectivity index (χ4n) is 4.01. The Kier molecular flexibility index (Phi) is 9.06. The van der Waals surface area contributed by atoms with Gasteiger partial charge in [0.2, 0.25) is 0 Å². The number of rotatable bonds is 9. The minimum atomic E-state index is -1.96. The zero-order valence-electron chi connectivity index (χ0n) is 21.0. The lowest BCUT2D eigenvalue weighted by Gasteiger charge is -2.27. The molecule has 0 radical (unpaired) electrons. The molecule has 0 aliphatic heterocycles. The highest BCUT2D eigenvalue weighted by atomic mass is 31.2. The first-order valence-electron chi connectivity index (χ1n) is 11.9. The van der Waals surface area contributed by atoms with Gasteiger partial charge in [0.05, 0.1) is 12.8 Å². The highest BCUT2D eigenvalue weighted by Gasteiger charge is 2.44. The van der Waals surface area contributed by atoms with Crippen LogP contribution in [0.1, 0.15) is 27.2 Å². The van der Waals surface area contributed by atoms with E-state index in [1.807, 2.05) is 18.2 Å². The molecule has 0 saturated carbocycles. The number of esters is 1. The van der Waals surface area contributed by atoms with Gasteiger partial charge >= 0.3 is 12.1 Å². The van der Waals surface area contributed by atoms with Crippen molar-refractivity contribution in [1.29, 1.82) is 0 Å². The van der Waals surface area contributed by atoms with Crippen molar-refractivity contribution in [3.05, 3.63) is 91.0 Å². The maximum Gasteiger partial charge on any atom is 0.410 e. The quantitative estimate of drug-likeness (QED) is 0.245. The van der Waals surface area contributed by atoms with E-state index in [2.05, 4.69) is 72.8 Å². The highest BCUT2D eigenvalue weighted by molar-refractivity contribution is 7.95. The normalized spacial score (nSPS) is 11.5. The van der Waals surface area contributed by atoms with Crippen LogP contribution in [0.5, 0.6) is 0 Å². The summed E-state index contributed by atoms with van der Waals surface area (Å²) in [5.74, 6) is -0.443. The molecule has 3 rings (SSSR count). The Hall–Kier alpha value is -3.17. The van der Waals surface area contributed by atoms with Crippen LogP contribution in [0.25, 0.3) is 0 Å². The Bertz CT molecular complexity index is 985. The molecule has 0 fully saturated rings. The maximum atomic E-state index is 12.4. The second kappa shape index (κ2) is 12.0. The molecule has 184 valence electrons. The van der Waals surface area contributed by atoms with Gasteiger partial charge in [0.1, 0.15) is 35.3 Å². The van der Waals surface area contributed by atoms with E-state index >= 15 is 0 Å². The molecule has 0 aliphatic rings. The van der Waals surface area contributed by atoms with Crippen LogP contribution in [0.2, 0.25) is 0 Å². The van der Waals surface area contributed by atoms with Crippen LogP contribution in [-0.4, -0.2) is 48.9 Å². The van der Waals surface area contributed by atoms with Crippen LogP contribution in [0, 0.1) is 0 Å². The number of benzene rings is 3. The van der Waals surface area contributed by atoms with Crippen LogP contribution in [-0.2, 0) is 14.3 Å². The number of carbonyl (C=O) groups is 2. The van der Waals surface area contributed by atoms with Crippen molar-refractivity contribution in [3.63, 3.8) is 0 Å². The summed E-state index contributed by atoms with van der Waals surface area (Å²) in [6.45, 7) is 5.51. The van der Waals surface area contributed by atoms with Gasteiger partial charge in [-0.1, -0.05) is 54.6 Å². The molecule has 35 heavy (non-hydrogen) atoms. The van der Waals surface area contributed by atoms with E-state index in [1.54, 1.807) is 20.8 Å². The Labute approximate surface area is 209 Å². The predicted molar refractivity (Wildman–Crippen MR) is 144 cm³/mol. The van der Waals surface area contributed by atoms with Gasteiger partial charge in [-0.05, 0) is 57.2 Å². The van der Waals surface area contributed by atoms with Crippen molar-refractivity contribution in [1.82, 2.24) is 4.90 Å². The Morgan fingerprint density at radius 1 is 0.771 bits per heavy atom. The summed E-state index contributed by atoms with van der Waals surface area (Å²) in [6, 6.07) is 31.9. The van der Waals surface area contributed by atoms with Gasteiger partial charge in [0, 0.05) is 13.5 Å². The standard InChI is InChI=1S/C29H35NO4P/c1-29(2,3)34-28(32)30(4)23-27(31)33-21-14-22-35(24-15-8-5-9-16-24,25-17-10-6-11-18-25)26-19-12-7-13-20-26/h5-13,15-20H,14,21-23H2,1-4H3/q+1. The molecule has 0 bridgehead atoms. The second-order valence-corrected chi connectivity index (χ2v) is 13.1. The first kappa shape index (κ1) is 26.4. The average Bonchev–Trinajstić information content (AvgIpc) is 2.85. The van der Waals surface area contributed by atoms with Gasteiger partial charge in [-0.3, -0.25) is 4.79 Å². The fourth-order valence-corrected chi connectivity index (χ4v) is 8.33. The lowest BCUT2D eigenvalue weighted by molar-refractivity contribution is -0.144. The third-order valence-electron chi connectivity index (χ3n) is 5.56. The number of carbonyl (C=O) groups excluding carboxylic acids is 2. The summed E-state index contributed by atoms with van der Waals surface area (Å²) in [6.07, 6.45) is 1.02. The Morgan fingerprint density at radius 2 is 1.20 bits per heavy atom. The van der Waals surface area contributed by atoms with Crippen molar-refractivity contribution in [2.24, 2.45) is 0 Å². The van der Waals surface area contributed by atoms with Gasteiger partial charge < -0.3 is 14.4 Å². The summed E-state index contributed by atoms with van der Waals surface area (Å²) in [4.78, 5) is 25.8. The predicted octanol–water partition coefficient (Wildman–Crippen LogP) is 4.78. The van der Waals surface area contributed by atoms with E-state index in [1.165, 1.54) is 27.9 Å². The van der Waals surface area contributed by atoms with E-state index in [0.717, 1.165) is 6.16 Å². The van der Waals surface area contributed by atoms with Crippen molar-refractivity contribution < 1.29 is 19.1 Å². The molecule has 6 heteroatoms. The van der Waals surface area contributed by atoms with Crippen molar-refractivity contribution in [2.75, 3.05) is 26.4 Å². The van der Waals surface area contributed by atoms with Crippen LogP contribution in [0.4, 0.5) is 4.79 Å². The highest BCUT2D eigenvalue weighted by Crippen LogP contribution is 2.55. The average molecular weight is 493 g/mol. The molecule has 0 heterocycles. The molecule has 0 N–H and O–H groups in total. The number of hydrogen-bond acceptors (Lipinski definition) is 4. The van der Waals surface area contributed by atoms with Crippen LogP contribution >= 0.6 is 7.26 Å². The molecule has 1 amide bonds. The van der Waals surface area contributed by atoms with E-state index in [4.69, 9.17) is 9.47 Å². The molecule has 0 aliphatic carbocycles. The topological polar surface area (TPSA) is 55.8 Å². The molecule has 3 aromatic carbocycles. The smallest absolute Gasteiger partial charge is 0.410 e. The molecule has 0 unspecified atom stereocenters. The van der Waals surface area contributed by atoms with Gasteiger partial charge in [0.25, 0.3) is 0 Å². The molecule has 0 atom stereocenters. The SMILES string of the molecule is CN(CC(=O)OCCC[P+](c1ccccc1)(c1ccccc1)c1ccccc1)C(=O)OC(C)(C)C. The molecule has 0 aromatic heterocycles. The third-order valence-corrected chi connectivity index (χ3v) is 10.1. The minimum absolute atomic E-state index is 0.148. The van der Waals surface area contributed by atoms with Crippen LogP contribution in [0.3, 0.4) is 0 Å². The van der Waals surface area contributed by atoms with Crippen molar-refractivity contribution in [2.45, 2.75) is 32.8 Å². The zero-order chi connectivity index (χ0) is 25.3. The van der Waals surface area contributed by atoms with E-state index in [9.17, 15) is 9.59 Å². The monoisotopic (exact) mass is 492 g/mol. The lowest BCUT2D eigenvalue weighted by Crippen LogP contribution is -2.38. The largest absolute Gasteiger partial charge is 0.464 e. The third kappa shape index (κ3) is 7.16. The summed E-state index contributed by atoms with van der Waals surface area (Å²) in [7, 11) is -0.422. The fraction of sp³-hybridized carbons (Fsp3) is 0.310. The minimum Gasteiger partial charge on any atom is -0.464 e. The van der Waals surface area contributed by atoms with Gasteiger partial charge in [-0.25, -0.2) is 4.79 Å². The summed E-state index contributed by atoms with van der Waals surface area (Å²) >= 11 is 0. The first-order valence-corrected chi connectivity index (χ1v) is 13.8. The molecular formula is C29H35NO4P+. The summed E-state index contributed by atoms with van der Waals surface area (Å²) in [5.41, 5.74) is -0.616. The van der Waals surface area contributed by atoms with Crippen molar-refractivity contribution in [3.8, 4) is 0 Å². The number of likely N-dealkylation sites (N-methyl/N-ethyl adjacent to an activating group) is 1. The zero-order valence-corrected chi connectivity index (χ0v) is 21.9. The van der Waals surface area contributed by atoms with Crippen molar-refractivity contribution >= 4 is 35.2 Å². The maximum absolute atomic E-state index is 12.4. The number of amides is 1. The Morgan fingerprint density at radius 3 is 1.60 bits per heavy atom. The first-order chi connectivity index (χ1) is 16.7. The molecule has 0 spiro atoms.